The molecule has 0 amide bonds. The highest BCUT2D eigenvalue weighted by Gasteiger charge is 2.50. The van der Waals surface area contributed by atoms with Crippen LogP contribution in [0.25, 0.3) is 0 Å². The minimum atomic E-state index is 0.153. The molecule has 0 radical (unpaired) electrons. The first kappa shape index (κ1) is 23.8. The van der Waals surface area contributed by atoms with Crippen LogP contribution >= 0.6 is 0 Å². The molecule has 3 aliphatic carbocycles. The van der Waals surface area contributed by atoms with Crippen LogP contribution < -0.4 is 5.73 Å². The minimum absolute atomic E-state index is 0.153. The summed E-state index contributed by atoms with van der Waals surface area (Å²) in [5.41, 5.74) is 11.6. The van der Waals surface area contributed by atoms with Gasteiger partial charge in [-0.3, -0.25) is 0 Å². The van der Waals surface area contributed by atoms with Crippen molar-refractivity contribution in [1.82, 2.24) is 0 Å². The van der Waals surface area contributed by atoms with E-state index in [9.17, 15) is 0 Å². The Labute approximate surface area is 187 Å². The summed E-state index contributed by atoms with van der Waals surface area (Å²) in [4.78, 5) is 0. The first-order chi connectivity index (χ1) is 14.0. The standard InChI is InChI=1S/C29H49N/c1-20-18-24(22(3)27(30)19-20)13-12-23-11-9-17-29(7)25(14-15-26(23)29)21(2)10-8-16-28(4,5)6/h12-13,20-21,25-27H,3,8-11,14-19,30H2,1-2,4-7H3/b23-12+,24-13-/t20-,21-,25-,26+,27+,29-/m1/s1. The highest BCUT2D eigenvalue weighted by Crippen LogP contribution is 2.60. The molecule has 0 heterocycles. The fraction of sp³-hybridized carbons (Fsp3) is 0.793. The maximum atomic E-state index is 6.33. The summed E-state index contributed by atoms with van der Waals surface area (Å²) >= 11 is 0. The molecule has 6 atom stereocenters. The molecule has 3 saturated carbocycles. The van der Waals surface area contributed by atoms with Crippen LogP contribution in [0.5, 0.6) is 0 Å². The molecule has 3 aliphatic rings. The lowest BCUT2D eigenvalue weighted by atomic mass is 9.60. The molecular weight excluding hydrogens is 362 g/mol. The molecule has 0 bridgehead atoms. The zero-order valence-electron chi connectivity index (χ0n) is 20.9. The van der Waals surface area contributed by atoms with E-state index in [1.165, 1.54) is 62.5 Å². The zero-order valence-corrected chi connectivity index (χ0v) is 20.9. The van der Waals surface area contributed by atoms with Crippen molar-refractivity contribution in [3.8, 4) is 0 Å². The lowest BCUT2D eigenvalue weighted by Gasteiger charge is -2.44. The van der Waals surface area contributed by atoms with Crippen LogP contribution in [-0.4, -0.2) is 6.04 Å². The Morgan fingerprint density at radius 1 is 1.23 bits per heavy atom. The molecule has 0 spiro atoms. The third-order valence-electron chi connectivity index (χ3n) is 8.89. The van der Waals surface area contributed by atoms with Gasteiger partial charge in [0.1, 0.15) is 0 Å². The smallest absolute Gasteiger partial charge is 0.0294 e. The lowest BCUT2D eigenvalue weighted by molar-refractivity contribution is 0.0920. The number of hydrogen-bond acceptors (Lipinski definition) is 1. The Kier molecular flexibility index (Phi) is 7.43. The van der Waals surface area contributed by atoms with E-state index in [4.69, 9.17) is 5.73 Å². The Balaban J connectivity index is 1.70. The first-order valence-electron chi connectivity index (χ1n) is 12.9. The predicted octanol–water partition coefficient (Wildman–Crippen LogP) is 8.22. The summed E-state index contributed by atoms with van der Waals surface area (Å²) in [6.07, 6.45) is 18.2. The van der Waals surface area contributed by atoms with Gasteiger partial charge in [-0.2, -0.15) is 0 Å². The van der Waals surface area contributed by atoms with E-state index in [1.807, 2.05) is 0 Å². The average molecular weight is 412 g/mol. The van der Waals surface area contributed by atoms with E-state index in [-0.39, 0.29) is 6.04 Å². The number of rotatable bonds is 5. The second kappa shape index (κ2) is 9.35. The molecule has 170 valence electrons. The molecular formula is C29H49N. The van der Waals surface area contributed by atoms with Gasteiger partial charge in [-0.1, -0.05) is 78.7 Å². The third kappa shape index (κ3) is 5.32. The van der Waals surface area contributed by atoms with Crippen LogP contribution in [0.3, 0.4) is 0 Å². The quantitative estimate of drug-likeness (QED) is 0.484. The molecule has 1 heteroatoms. The van der Waals surface area contributed by atoms with E-state index < -0.39 is 0 Å². The summed E-state index contributed by atoms with van der Waals surface area (Å²) < 4.78 is 0. The maximum absolute atomic E-state index is 6.33. The zero-order chi connectivity index (χ0) is 22.1. The second-order valence-corrected chi connectivity index (χ2v) is 12.6. The number of fused-ring (bicyclic) bond motifs is 1. The van der Waals surface area contributed by atoms with Crippen molar-refractivity contribution < 1.29 is 0 Å². The van der Waals surface area contributed by atoms with E-state index in [0.717, 1.165) is 30.6 Å². The van der Waals surface area contributed by atoms with Crippen LogP contribution in [0.1, 0.15) is 106 Å². The van der Waals surface area contributed by atoms with Gasteiger partial charge in [-0.15, -0.1) is 0 Å². The van der Waals surface area contributed by atoms with Gasteiger partial charge in [0.25, 0.3) is 0 Å². The number of allylic oxidation sites excluding steroid dienone is 3. The first-order valence-corrected chi connectivity index (χ1v) is 12.9. The van der Waals surface area contributed by atoms with Gasteiger partial charge in [-0.05, 0) is 97.0 Å². The van der Waals surface area contributed by atoms with E-state index in [0.29, 0.717) is 16.7 Å². The van der Waals surface area contributed by atoms with Crippen LogP contribution in [0.2, 0.25) is 0 Å². The van der Waals surface area contributed by atoms with Crippen molar-refractivity contribution in [2.75, 3.05) is 0 Å². The molecule has 0 aliphatic heterocycles. The van der Waals surface area contributed by atoms with Crippen LogP contribution in [0, 0.1) is 34.5 Å². The number of hydrogen-bond donors (Lipinski definition) is 1. The predicted molar refractivity (Wildman–Crippen MR) is 132 cm³/mol. The van der Waals surface area contributed by atoms with Gasteiger partial charge in [0.15, 0.2) is 0 Å². The summed E-state index contributed by atoms with van der Waals surface area (Å²) in [5.74, 6) is 3.23. The average Bonchev–Trinajstić information content (AvgIpc) is 3.00. The minimum Gasteiger partial charge on any atom is -0.324 e. The number of nitrogens with two attached hydrogens (primary N) is 1. The third-order valence-corrected chi connectivity index (χ3v) is 8.89. The van der Waals surface area contributed by atoms with Gasteiger partial charge in [0.05, 0.1) is 0 Å². The summed E-state index contributed by atoms with van der Waals surface area (Å²) in [6, 6.07) is 0.153. The SMILES string of the molecule is C=C1/C(=C\C=C2/CCC[C@]3(C)[C@@H]([C@H](C)CCCC(C)(C)C)CC[C@@H]23)C[C@@H](C)C[C@@H]1N. The van der Waals surface area contributed by atoms with Crippen LogP contribution in [-0.2, 0) is 0 Å². The van der Waals surface area contributed by atoms with Gasteiger partial charge in [0, 0.05) is 6.04 Å². The highest BCUT2D eigenvalue weighted by molar-refractivity contribution is 5.39. The largest absolute Gasteiger partial charge is 0.324 e. The lowest BCUT2D eigenvalue weighted by Crippen LogP contribution is -2.36. The summed E-state index contributed by atoms with van der Waals surface area (Å²) in [6.45, 7) is 19.0. The molecule has 30 heavy (non-hydrogen) atoms. The normalized spacial score (nSPS) is 38.8. The summed E-state index contributed by atoms with van der Waals surface area (Å²) in [7, 11) is 0. The van der Waals surface area contributed by atoms with Crippen LogP contribution in [0.15, 0.2) is 35.5 Å². The topological polar surface area (TPSA) is 26.0 Å². The van der Waals surface area contributed by atoms with Gasteiger partial charge < -0.3 is 5.73 Å². The van der Waals surface area contributed by atoms with Gasteiger partial charge in [0.2, 0.25) is 0 Å². The summed E-state index contributed by atoms with van der Waals surface area (Å²) in [5, 5.41) is 0. The Bertz CT molecular complexity index is 675. The van der Waals surface area contributed by atoms with Crippen molar-refractivity contribution >= 4 is 0 Å². The molecule has 2 N–H and O–H groups in total. The van der Waals surface area contributed by atoms with Crippen molar-refractivity contribution in [1.29, 1.82) is 0 Å². The highest BCUT2D eigenvalue weighted by atomic mass is 14.6. The van der Waals surface area contributed by atoms with Gasteiger partial charge >= 0.3 is 0 Å². The van der Waals surface area contributed by atoms with E-state index in [1.54, 1.807) is 5.57 Å². The molecule has 3 rings (SSSR count). The van der Waals surface area contributed by atoms with Crippen molar-refractivity contribution in [2.24, 2.45) is 40.2 Å². The van der Waals surface area contributed by atoms with Crippen molar-refractivity contribution in [3.63, 3.8) is 0 Å². The fourth-order valence-corrected chi connectivity index (χ4v) is 7.16. The monoisotopic (exact) mass is 411 g/mol. The second-order valence-electron chi connectivity index (χ2n) is 12.6. The fourth-order valence-electron chi connectivity index (χ4n) is 7.16. The van der Waals surface area contributed by atoms with Gasteiger partial charge in [-0.25, -0.2) is 0 Å². The van der Waals surface area contributed by atoms with Crippen LogP contribution in [0.4, 0.5) is 0 Å². The van der Waals surface area contributed by atoms with E-state index >= 15 is 0 Å². The van der Waals surface area contributed by atoms with Crippen molar-refractivity contribution in [3.05, 3.63) is 35.5 Å². The molecule has 0 aromatic heterocycles. The Hall–Kier alpha value is -0.820. The molecule has 3 fully saturated rings. The molecule has 0 aromatic rings. The Morgan fingerprint density at radius 3 is 2.67 bits per heavy atom. The molecule has 0 saturated heterocycles. The molecule has 1 nitrogen and oxygen atoms in total. The van der Waals surface area contributed by atoms with E-state index in [2.05, 4.69) is 60.3 Å². The maximum Gasteiger partial charge on any atom is 0.0294 e. The van der Waals surface area contributed by atoms with Crippen molar-refractivity contribution in [2.45, 2.75) is 112 Å². The Morgan fingerprint density at radius 2 is 1.97 bits per heavy atom. The molecule has 0 aromatic carbocycles. The molecule has 0 unspecified atom stereocenters.